The fourth-order valence-electron chi connectivity index (χ4n) is 2.35. The standard InChI is InChI=1S/C19H18F6N4O2/c1-2-26-18(27-9-11-5-3-4-6-14(11)31-19(23,24)25)28-10-15(30)29-13-8-7-12(20)16(21)17(13)22/h3-8H,2,9-10H2,1H3,(H,29,30)(H2,26,27,28). The first-order valence-electron chi connectivity index (χ1n) is 8.90. The maximum atomic E-state index is 13.6. The predicted octanol–water partition coefficient (Wildman–Crippen LogP) is 3.70. The van der Waals surface area contributed by atoms with Crippen molar-refractivity contribution < 1.29 is 35.9 Å². The van der Waals surface area contributed by atoms with Crippen molar-refractivity contribution in [2.24, 2.45) is 4.99 Å². The number of ether oxygens (including phenoxy) is 1. The van der Waals surface area contributed by atoms with Crippen molar-refractivity contribution in [1.82, 2.24) is 10.6 Å². The minimum absolute atomic E-state index is 0.0743. The summed E-state index contributed by atoms with van der Waals surface area (Å²) >= 11 is 0. The highest BCUT2D eigenvalue weighted by Crippen LogP contribution is 2.26. The van der Waals surface area contributed by atoms with Crippen LogP contribution in [0.5, 0.6) is 5.75 Å². The lowest BCUT2D eigenvalue weighted by molar-refractivity contribution is -0.274. The largest absolute Gasteiger partial charge is 0.573 e. The minimum Gasteiger partial charge on any atom is -0.405 e. The van der Waals surface area contributed by atoms with Crippen LogP contribution in [-0.2, 0) is 11.3 Å². The molecule has 2 aromatic carbocycles. The van der Waals surface area contributed by atoms with Crippen LogP contribution in [0.3, 0.4) is 0 Å². The first kappa shape index (κ1) is 23.8. The summed E-state index contributed by atoms with van der Waals surface area (Å²) in [5.41, 5.74) is -0.406. The van der Waals surface area contributed by atoms with E-state index in [2.05, 4.69) is 25.7 Å². The van der Waals surface area contributed by atoms with Crippen molar-refractivity contribution in [3.8, 4) is 5.75 Å². The average molecular weight is 448 g/mol. The van der Waals surface area contributed by atoms with Gasteiger partial charge in [-0.25, -0.2) is 18.2 Å². The van der Waals surface area contributed by atoms with E-state index >= 15 is 0 Å². The molecule has 0 heterocycles. The first-order valence-corrected chi connectivity index (χ1v) is 8.90. The summed E-state index contributed by atoms with van der Waals surface area (Å²) in [6.45, 7) is 1.44. The van der Waals surface area contributed by atoms with Gasteiger partial charge in [0.2, 0.25) is 5.91 Å². The Bertz CT molecular complexity index is 949. The van der Waals surface area contributed by atoms with Crippen molar-refractivity contribution in [3.63, 3.8) is 0 Å². The number of guanidine groups is 1. The maximum Gasteiger partial charge on any atom is 0.573 e. The number of hydrogen-bond donors (Lipinski definition) is 3. The van der Waals surface area contributed by atoms with Crippen LogP contribution in [0.4, 0.5) is 32.0 Å². The molecule has 2 aromatic rings. The van der Waals surface area contributed by atoms with Crippen molar-refractivity contribution in [2.45, 2.75) is 19.8 Å². The fraction of sp³-hybridized carbons (Fsp3) is 0.263. The van der Waals surface area contributed by atoms with Crippen molar-refractivity contribution in [3.05, 3.63) is 59.4 Å². The zero-order valence-electron chi connectivity index (χ0n) is 16.1. The Labute approximate surface area is 173 Å². The van der Waals surface area contributed by atoms with E-state index in [4.69, 9.17) is 0 Å². The van der Waals surface area contributed by atoms with Crippen LogP contribution in [0.1, 0.15) is 12.5 Å². The van der Waals surface area contributed by atoms with Gasteiger partial charge in [0.1, 0.15) is 5.75 Å². The number of carbonyl (C=O) groups excluding carboxylic acids is 1. The van der Waals surface area contributed by atoms with E-state index in [-0.39, 0.29) is 18.1 Å². The maximum absolute atomic E-state index is 13.6. The molecule has 2 rings (SSSR count). The van der Waals surface area contributed by atoms with E-state index in [1.54, 1.807) is 6.92 Å². The van der Waals surface area contributed by atoms with Gasteiger partial charge in [0.05, 0.1) is 18.8 Å². The van der Waals surface area contributed by atoms with Gasteiger partial charge in [-0.1, -0.05) is 18.2 Å². The van der Waals surface area contributed by atoms with Gasteiger partial charge in [0.15, 0.2) is 23.4 Å². The van der Waals surface area contributed by atoms with Crippen LogP contribution < -0.4 is 20.7 Å². The molecule has 0 saturated heterocycles. The Balaban J connectivity index is 2.03. The highest BCUT2D eigenvalue weighted by atomic mass is 19.4. The molecule has 3 N–H and O–H groups in total. The molecule has 0 aliphatic heterocycles. The summed E-state index contributed by atoms with van der Waals surface area (Å²) in [6.07, 6.45) is -4.87. The molecule has 0 aliphatic rings. The molecule has 168 valence electrons. The van der Waals surface area contributed by atoms with E-state index < -0.39 is 47.7 Å². The second kappa shape index (κ2) is 10.5. The zero-order chi connectivity index (χ0) is 23.0. The Morgan fingerprint density at radius 2 is 1.74 bits per heavy atom. The molecule has 0 radical (unpaired) electrons. The van der Waals surface area contributed by atoms with Crippen LogP contribution >= 0.6 is 0 Å². The lowest BCUT2D eigenvalue weighted by atomic mass is 10.2. The molecule has 31 heavy (non-hydrogen) atoms. The molecule has 1 amide bonds. The van der Waals surface area contributed by atoms with Crippen molar-refractivity contribution in [2.75, 3.05) is 18.4 Å². The van der Waals surface area contributed by atoms with Gasteiger partial charge in [-0.2, -0.15) is 0 Å². The van der Waals surface area contributed by atoms with E-state index in [1.807, 2.05) is 0 Å². The van der Waals surface area contributed by atoms with Gasteiger partial charge in [-0.3, -0.25) is 4.79 Å². The SMILES string of the molecule is CCNC(=NCc1ccccc1OC(F)(F)F)NCC(=O)Nc1ccc(F)c(F)c1F. The van der Waals surface area contributed by atoms with E-state index in [0.29, 0.717) is 12.6 Å². The van der Waals surface area contributed by atoms with Gasteiger partial charge in [0, 0.05) is 12.1 Å². The van der Waals surface area contributed by atoms with Crippen LogP contribution in [0.25, 0.3) is 0 Å². The molecule has 0 unspecified atom stereocenters. The Kier molecular flexibility index (Phi) is 8.11. The smallest absolute Gasteiger partial charge is 0.405 e. The molecule has 0 fully saturated rings. The molecule has 0 atom stereocenters. The van der Waals surface area contributed by atoms with Gasteiger partial charge in [0.25, 0.3) is 0 Å². The quantitative estimate of drug-likeness (QED) is 0.261. The number of alkyl halides is 3. The molecular formula is C19H18F6N4O2. The Morgan fingerprint density at radius 1 is 1.03 bits per heavy atom. The van der Waals surface area contributed by atoms with Gasteiger partial charge in [-0.15, -0.1) is 13.2 Å². The summed E-state index contributed by atoms with van der Waals surface area (Å²) in [4.78, 5) is 16.1. The third kappa shape index (κ3) is 7.39. The molecule has 0 bridgehead atoms. The highest BCUT2D eigenvalue weighted by Gasteiger charge is 2.31. The molecule has 6 nitrogen and oxygen atoms in total. The Hall–Kier alpha value is -3.44. The fourth-order valence-corrected chi connectivity index (χ4v) is 2.35. The van der Waals surface area contributed by atoms with Crippen LogP contribution in [0, 0.1) is 17.5 Å². The van der Waals surface area contributed by atoms with Crippen LogP contribution in [-0.4, -0.2) is 31.3 Å². The van der Waals surface area contributed by atoms with Crippen molar-refractivity contribution >= 4 is 17.6 Å². The number of aliphatic imine (C=N–C) groups is 1. The molecule has 0 spiro atoms. The topological polar surface area (TPSA) is 74.8 Å². The number of halogens is 6. The molecule has 12 heteroatoms. The Morgan fingerprint density at radius 3 is 2.42 bits per heavy atom. The lowest BCUT2D eigenvalue weighted by Gasteiger charge is -2.14. The second-order valence-electron chi connectivity index (χ2n) is 5.98. The average Bonchev–Trinajstić information content (AvgIpc) is 2.70. The lowest BCUT2D eigenvalue weighted by Crippen LogP contribution is -2.41. The zero-order valence-corrected chi connectivity index (χ0v) is 16.1. The van der Waals surface area contributed by atoms with Gasteiger partial charge in [-0.05, 0) is 25.1 Å². The number of amides is 1. The number of rotatable bonds is 7. The predicted molar refractivity (Wildman–Crippen MR) is 101 cm³/mol. The number of benzene rings is 2. The molecule has 0 aliphatic carbocycles. The van der Waals surface area contributed by atoms with Crippen molar-refractivity contribution in [1.29, 1.82) is 0 Å². The monoisotopic (exact) mass is 448 g/mol. The number of nitrogens with zero attached hydrogens (tertiary/aromatic N) is 1. The number of anilines is 1. The van der Waals surface area contributed by atoms with E-state index in [1.165, 1.54) is 18.2 Å². The van der Waals surface area contributed by atoms with Crippen LogP contribution in [0.2, 0.25) is 0 Å². The normalized spacial score (nSPS) is 11.8. The summed E-state index contributed by atoms with van der Waals surface area (Å²) < 4.78 is 81.3. The third-order valence-corrected chi connectivity index (χ3v) is 3.68. The first-order chi connectivity index (χ1) is 14.6. The van der Waals surface area contributed by atoms with Gasteiger partial charge < -0.3 is 20.7 Å². The van der Waals surface area contributed by atoms with Gasteiger partial charge >= 0.3 is 6.36 Å². The molecular weight excluding hydrogens is 430 g/mol. The summed E-state index contributed by atoms with van der Waals surface area (Å²) in [5.74, 6) is -5.80. The third-order valence-electron chi connectivity index (χ3n) is 3.68. The highest BCUT2D eigenvalue weighted by molar-refractivity contribution is 5.95. The molecule has 0 aromatic heterocycles. The summed E-state index contributed by atoms with van der Waals surface area (Å²) in [6, 6.07) is 6.95. The molecule has 0 saturated carbocycles. The second-order valence-corrected chi connectivity index (χ2v) is 5.98. The number of hydrogen-bond acceptors (Lipinski definition) is 3. The number of carbonyl (C=O) groups is 1. The van der Waals surface area contributed by atoms with E-state index in [0.717, 1.165) is 12.1 Å². The number of nitrogens with one attached hydrogen (secondary N) is 3. The minimum atomic E-state index is -4.87. The number of para-hydroxylation sites is 1. The van der Waals surface area contributed by atoms with E-state index in [9.17, 15) is 31.1 Å². The van der Waals surface area contributed by atoms with Crippen LogP contribution in [0.15, 0.2) is 41.4 Å². The summed E-state index contributed by atoms with van der Waals surface area (Å²) in [7, 11) is 0. The summed E-state index contributed by atoms with van der Waals surface area (Å²) in [5, 5.41) is 7.45.